The zero-order valence-corrected chi connectivity index (χ0v) is 9.58. The largest absolute Gasteiger partial charge is 0.359 e. The maximum atomic E-state index is 12.6. The fraction of sp³-hybridized carbons (Fsp3) is 0.400. The number of hydrogen-bond acceptors (Lipinski definition) is 2. The lowest BCUT2D eigenvalue weighted by Gasteiger charge is -2.16. The average molecular weight is 232 g/mol. The minimum atomic E-state index is -3.80. The molecule has 1 aromatic carbocycles. The van der Waals surface area contributed by atoms with Crippen molar-refractivity contribution in [1.29, 1.82) is 0 Å². The summed E-state index contributed by atoms with van der Waals surface area (Å²) < 4.78 is 29.3. The molecule has 84 valence electrons. The van der Waals surface area contributed by atoms with Gasteiger partial charge in [-0.05, 0) is 37.6 Å². The van der Waals surface area contributed by atoms with Crippen molar-refractivity contribution >= 4 is 12.9 Å². The van der Waals surface area contributed by atoms with E-state index in [1.165, 1.54) is 12.1 Å². The highest BCUT2D eigenvalue weighted by Gasteiger charge is 2.24. The van der Waals surface area contributed by atoms with Crippen molar-refractivity contribution in [1.82, 2.24) is 0 Å². The van der Waals surface area contributed by atoms with E-state index < -0.39 is 13.4 Å². The molecule has 0 saturated carbocycles. The molecule has 1 rings (SSSR count). The Kier molecular flexibility index (Phi) is 4.03. The van der Waals surface area contributed by atoms with Crippen LogP contribution in [0.1, 0.15) is 20.3 Å². The molecule has 0 spiro atoms. The highest BCUT2D eigenvalue weighted by molar-refractivity contribution is 7.61. The molecule has 1 N–H and O–H groups in total. The summed E-state index contributed by atoms with van der Waals surface area (Å²) in [6.07, 6.45) is 0.344. The van der Waals surface area contributed by atoms with E-state index in [-0.39, 0.29) is 11.4 Å². The lowest BCUT2D eigenvalue weighted by Crippen LogP contribution is -2.12. The van der Waals surface area contributed by atoms with E-state index in [9.17, 15) is 13.8 Å². The summed E-state index contributed by atoms with van der Waals surface area (Å²) >= 11 is 0. The summed E-state index contributed by atoms with van der Waals surface area (Å²) in [5.41, 5.74) is 0. The predicted molar refractivity (Wildman–Crippen MR) is 56.7 cm³/mol. The predicted octanol–water partition coefficient (Wildman–Crippen LogP) is 2.45. The van der Waals surface area contributed by atoms with Gasteiger partial charge in [0.05, 0.1) is 11.4 Å². The van der Waals surface area contributed by atoms with Gasteiger partial charge in [0.1, 0.15) is 5.82 Å². The van der Waals surface area contributed by atoms with Gasteiger partial charge in [0.2, 0.25) is 0 Å². The molecule has 0 saturated heterocycles. The highest BCUT2D eigenvalue weighted by Crippen LogP contribution is 2.42. The summed E-state index contributed by atoms with van der Waals surface area (Å²) in [6.45, 7) is 3.57. The van der Waals surface area contributed by atoms with E-state index in [2.05, 4.69) is 0 Å². The van der Waals surface area contributed by atoms with Gasteiger partial charge in [-0.3, -0.25) is 4.57 Å². The molecular formula is C10H14FO3P. The van der Waals surface area contributed by atoms with Crippen LogP contribution in [0.25, 0.3) is 0 Å². The van der Waals surface area contributed by atoms with Crippen molar-refractivity contribution in [2.24, 2.45) is 0 Å². The molecule has 2 atom stereocenters. The molecule has 1 aromatic rings. The van der Waals surface area contributed by atoms with Crippen LogP contribution in [0, 0.1) is 5.82 Å². The fourth-order valence-electron chi connectivity index (χ4n) is 1.01. The quantitative estimate of drug-likeness (QED) is 0.811. The molecule has 0 amide bonds. The highest BCUT2D eigenvalue weighted by atomic mass is 31.2. The fourth-order valence-corrected chi connectivity index (χ4v) is 2.29. The van der Waals surface area contributed by atoms with E-state index in [4.69, 9.17) is 4.52 Å². The van der Waals surface area contributed by atoms with Gasteiger partial charge in [-0.15, -0.1) is 0 Å². The van der Waals surface area contributed by atoms with Gasteiger partial charge in [-0.25, -0.2) is 4.39 Å². The molecule has 0 aromatic heterocycles. The first-order chi connectivity index (χ1) is 6.95. The van der Waals surface area contributed by atoms with Crippen LogP contribution in [0.15, 0.2) is 24.3 Å². The van der Waals surface area contributed by atoms with Crippen LogP contribution in [-0.2, 0) is 9.09 Å². The standard InChI is InChI=1S/C10H14FO3P/c1-3-8(2)14-15(12,13)10-6-4-9(11)5-7-10/h4-8H,3H2,1-2H3,(H,12,13). The summed E-state index contributed by atoms with van der Waals surface area (Å²) in [6, 6.07) is 4.80. The Labute approximate surface area is 88.4 Å². The van der Waals surface area contributed by atoms with E-state index >= 15 is 0 Å². The van der Waals surface area contributed by atoms with Crippen molar-refractivity contribution in [3.05, 3.63) is 30.1 Å². The first-order valence-corrected chi connectivity index (χ1v) is 6.31. The van der Waals surface area contributed by atoms with Crippen LogP contribution in [0.2, 0.25) is 0 Å². The second-order valence-corrected chi connectivity index (χ2v) is 5.09. The van der Waals surface area contributed by atoms with Crippen LogP contribution >= 0.6 is 7.60 Å². The topological polar surface area (TPSA) is 46.5 Å². The first-order valence-electron chi connectivity index (χ1n) is 4.73. The zero-order valence-electron chi connectivity index (χ0n) is 8.68. The molecule has 0 radical (unpaired) electrons. The maximum Gasteiger partial charge on any atom is 0.359 e. The summed E-state index contributed by atoms with van der Waals surface area (Å²) in [5, 5.41) is 0.115. The Morgan fingerprint density at radius 1 is 1.47 bits per heavy atom. The van der Waals surface area contributed by atoms with Crippen LogP contribution in [0.5, 0.6) is 0 Å². The molecule has 0 aliphatic carbocycles. The van der Waals surface area contributed by atoms with Crippen LogP contribution in [0.3, 0.4) is 0 Å². The van der Waals surface area contributed by atoms with Crippen molar-refractivity contribution in [3.63, 3.8) is 0 Å². The number of hydrogen-bond donors (Lipinski definition) is 1. The smallest absolute Gasteiger partial charge is 0.321 e. The van der Waals surface area contributed by atoms with Crippen molar-refractivity contribution < 1.29 is 18.4 Å². The molecule has 0 aliphatic heterocycles. The van der Waals surface area contributed by atoms with E-state index in [0.29, 0.717) is 6.42 Å². The Bertz CT molecular complexity index is 363. The van der Waals surface area contributed by atoms with Gasteiger partial charge in [0.25, 0.3) is 0 Å². The normalized spacial score (nSPS) is 17.1. The maximum absolute atomic E-state index is 12.6. The lowest BCUT2D eigenvalue weighted by molar-refractivity contribution is 0.192. The third-order valence-corrected chi connectivity index (χ3v) is 3.65. The van der Waals surface area contributed by atoms with Crippen molar-refractivity contribution in [2.75, 3.05) is 0 Å². The monoisotopic (exact) mass is 232 g/mol. The molecule has 0 fully saturated rings. The molecule has 0 aliphatic rings. The summed E-state index contributed by atoms with van der Waals surface area (Å²) in [7, 11) is -3.80. The SMILES string of the molecule is CCC(C)OP(=O)(O)c1ccc(F)cc1. The van der Waals surface area contributed by atoms with E-state index in [0.717, 1.165) is 12.1 Å². The Hall–Kier alpha value is -0.700. The Morgan fingerprint density at radius 2 is 2.00 bits per heavy atom. The van der Waals surface area contributed by atoms with Crippen LogP contribution in [0.4, 0.5) is 4.39 Å². The molecule has 0 heterocycles. The molecule has 15 heavy (non-hydrogen) atoms. The lowest BCUT2D eigenvalue weighted by atomic mass is 10.3. The first kappa shape index (κ1) is 12.4. The Morgan fingerprint density at radius 3 is 2.47 bits per heavy atom. The van der Waals surface area contributed by atoms with Gasteiger partial charge in [-0.1, -0.05) is 6.92 Å². The molecule has 2 unspecified atom stereocenters. The van der Waals surface area contributed by atoms with Gasteiger partial charge in [0.15, 0.2) is 0 Å². The molecule has 0 bridgehead atoms. The molecule has 3 nitrogen and oxygen atoms in total. The number of benzene rings is 1. The van der Waals surface area contributed by atoms with Gasteiger partial charge >= 0.3 is 7.60 Å². The van der Waals surface area contributed by atoms with Gasteiger partial charge in [0, 0.05) is 0 Å². The Balaban J connectivity index is 2.86. The van der Waals surface area contributed by atoms with E-state index in [1.54, 1.807) is 6.92 Å². The number of halogens is 1. The summed E-state index contributed by atoms with van der Waals surface area (Å²) in [5.74, 6) is -0.442. The van der Waals surface area contributed by atoms with Crippen molar-refractivity contribution in [2.45, 2.75) is 26.4 Å². The number of rotatable bonds is 4. The minimum Gasteiger partial charge on any atom is -0.321 e. The zero-order chi connectivity index (χ0) is 11.5. The summed E-state index contributed by atoms with van der Waals surface area (Å²) in [4.78, 5) is 9.59. The van der Waals surface area contributed by atoms with Crippen LogP contribution < -0.4 is 5.30 Å². The molecule has 5 heteroatoms. The third kappa shape index (κ3) is 3.42. The second-order valence-electron chi connectivity index (χ2n) is 3.32. The minimum absolute atomic E-state index is 0.115. The average Bonchev–Trinajstić information content (AvgIpc) is 2.17. The second kappa shape index (κ2) is 4.88. The van der Waals surface area contributed by atoms with Gasteiger partial charge < -0.3 is 9.42 Å². The van der Waals surface area contributed by atoms with Crippen molar-refractivity contribution in [3.8, 4) is 0 Å². The molecular weight excluding hydrogens is 218 g/mol. The third-order valence-electron chi connectivity index (χ3n) is 2.05. The van der Waals surface area contributed by atoms with Crippen LogP contribution in [-0.4, -0.2) is 11.0 Å². The van der Waals surface area contributed by atoms with E-state index in [1.807, 2.05) is 6.92 Å². The van der Waals surface area contributed by atoms with Gasteiger partial charge in [-0.2, -0.15) is 0 Å².